The molecule has 0 amide bonds. The van der Waals surface area contributed by atoms with E-state index in [-0.39, 0.29) is 0 Å². The van der Waals surface area contributed by atoms with Crippen LogP contribution in [0.25, 0.3) is 12.2 Å². The average molecular weight is 414 g/mol. The summed E-state index contributed by atoms with van der Waals surface area (Å²) in [5, 5.41) is 0. The lowest BCUT2D eigenvalue weighted by atomic mass is 10.0. The van der Waals surface area contributed by atoms with Crippen LogP contribution in [0.5, 0.6) is 34.5 Å². The molecular weight excluding hydrogens is 384 g/mol. The van der Waals surface area contributed by atoms with Crippen molar-refractivity contribution in [1.29, 1.82) is 0 Å². The summed E-state index contributed by atoms with van der Waals surface area (Å²) in [5.74, 6) is 3.59. The summed E-state index contributed by atoms with van der Waals surface area (Å²) in [6.45, 7) is 4.10. The summed E-state index contributed by atoms with van der Waals surface area (Å²) in [5.41, 5.74) is 4.05. The second kappa shape index (κ2) is 10.5. The van der Waals surface area contributed by atoms with Crippen LogP contribution in [0.15, 0.2) is 35.4 Å². The molecule has 0 spiro atoms. The SMILES string of the molecule is COc1cc(/C=C(C)\C(C)=C/c2cc(OC)c(OC)c(OC)c2)cc(OC)c1OC. The van der Waals surface area contributed by atoms with Crippen LogP contribution in [0.3, 0.4) is 0 Å². The molecule has 0 aliphatic rings. The molecule has 0 bridgehead atoms. The van der Waals surface area contributed by atoms with Crippen molar-refractivity contribution in [3.63, 3.8) is 0 Å². The molecule has 0 saturated heterocycles. The summed E-state index contributed by atoms with van der Waals surface area (Å²) in [6.07, 6.45) is 4.13. The zero-order valence-electron chi connectivity index (χ0n) is 18.9. The van der Waals surface area contributed by atoms with Crippen molar-refractivity contribution in [2.45, 2.75) is 13.8 Å². The Kier molecular flexibility index (Phi) is 8.04. The van der Waals surface area contributed by atoms with Crippen LogP contribution in [-0.2, 0) is 0 Å². The molecule has 6 heteroatoms. The van der Waals surface area contributed by atoms with Gasteiger partial charge in [-0.3, -0.25) is 0 Å². The van der Waals surface area contributed by atoms with Crippen LogP contribution in [0.1, 0.15) is 25.0 Å². The molecule has 0 unspecified atom stereocenters. The van der Waals surface area contributed by atoms with E-state index in [0.717, 1.165) is 22.3 Å². The molecule has 162 valence electrons. The Labute approximate surface area is 178 Å². The Morgan fingerprint density at radius 1 is 0.500 bits per heavy atom. The number of allylic oxidation sites excluding steroid dienone is 2. The number of hydrogen-bond acceptors (Lipinski definition) is 6. The average Bonchev–Trinajstić information content (AvgIpc) is 2.77. The summed E-state index contributed by atoms with van der Waals surface area (Å²) in [6, 6.07) is 7.66. The van der Waals surface area contributed by atoms with Crippen molar-refractivity contribution >= 4 is 12.2 Å². The highest BCUT2D eigenvalue weighted by atomic mass is 16.5. The van der Waals surface area contributed by atoms with E-state index in [1.807, 2.05) is 38.1 Å². The van der Waals surface area contributed by atoms with E-state index >= 15 is 0 Å². The van der Waals surface area contributed by atoms with Gasteiger partial charge >= 0.3 is 0 Å². The third kappa shape index (κ3) is 5.00. The molecule has 2 aromatic carbocycles. The number of ether oxygens (including phenoxy) is 6. The quantitative estimate of drug-likeness (QED) is 0.523. The second-order valence-electron chi connectivity index (χ2n) is 6.57. The minimum absolute atomic E-state index is 0.569. The smallest absolute Gasteiger partial charge is 0.203 e. The normalized spacial score (nSPS) is 11.7. The molecular formula is C24H30O6. The first-order chi connectivity index (χ1) is 14.4. The summed E-state index contributed by atoms with van der Waals surface area (Å²) in [7, 11) is 9.60. The minimum atomic E-state index is 0.569. The highest BCUT2D eigenvalue weighted by Crippen LogP contribution is 2.40. The Bertz CT molecular complexity index is 815. The molecule has 0 saturated carbocycles. The standard InChI is InChI=1S/C24H30O6/c1-15(9-17-11-19(25-3)23(29-7)20(12-17)26-4)16(2)10-18-13-21(27-5)24(30-8)22(14-18)28-6/h9-14H,1-8H3/b15-9-,16-10-. The van der Waals surface area contributed by atoms with Gasteiger partial charge in [0.15, 0.2) is 23.0 Å². The number of benzene rings is 2. The minimum Gasteiger partial charge on any atom is -0.493 e. The molecule has 0 heterocycles. The van der Waals surface area contributed by atoms with Crippen molar-refractivity contribution in [2.75, 3.05) is 42.7 Å². The van der Waals surface area contributed by atoms with Crippen LogP contribution in [0, 0.1) is 0 Å². The fourth-order valence-electron chi connectivity index (χ4n) is 3.10. The molecule has 0 N–H and O–H groups in total. The molecule has 2 aromatic rings. The van der Waals surface area contributed by atoms with Crippen molar-refractivity contribution in [3.05, 3.63) is 46.5 Å². The fourth-order valence-corrected chi connectivity index (χ4v) is 3.10. The molecule has 6 nitrogen and oxygen atoms in total. The van der Waals surface area contributed by atoms with E-state index in [4.69, 9.17) is 28.4 Å². The Hall–Kier alpha value is -3.28. The lowest BCUT2D eigenvalue weighted by Gasteiger charge is -2.14. The maximum absolute atomic E-state index is 5.44. The molecule has 0 aliphatic heterocycles. The summed E-state index contributed by atoms with van der Waals surface area (Å²) in [4.78, 5) is 0. The van der Waals surface area contributed by atoms with Gasteiger partial charge in [0.1, 0.15) is 0 Å². The number of methoxy groups -OCH3 is 6. The molecule has 0 aliphatic carbocycles. The Morgan fingerprint density at radius 2 is 0.767 bits per heavy atom. The molecule has 30 heavy (non-hydrogen) atoms. The Morgan fingerprint density at radius 3 is 0.967 bits per heavy atom. The lowest BCUT2D eigenvalue weighted by Crippen LogP contribution is -1.96. The topological polar surface area (TPSA) is 55.4 Å². The molecule has 2 rings (SSSR count). The third-order valence-corrected chi connectivity index (χ3v) is 4.76. The van der Waals surface area contributed by atoms with Gasteiger partial charge in [0.2, 0.25) is 11.5 Å². The number of rotatable bonds is 9. The van der Waals surface area contributed by atoms with Crippen LogP contribution in [-0.4, -0.2) is 42.7 Å². The zero-order chi connectivity index (χ0) is 22.3. The van der Waals surface area contributed by atoms with Crippen LogP contribution in [0.4, 0.5) is 0 Å². The van der Waals surface area contributed by atoms with Gasteiger partial charge in [0, 0.05) is 0 Å². The maximum Gasteiger partial charge on any atom is 0.203 e. The van der Waals surface area contributed by atoms with Gasteiger partial charge in [-0.15, -0.1) is 0 Å². The maximum atomic E-state index is 5.44. The van der Waals surface area contributed by atoms with E-state index < -0.39 is 0 Å². The van der Waals surface area contributed by atoms with Crippen LogP contribution < -0.4 is 28.4 Å². The summed E-state index contributed by atoms with van der Waals surface area (Å²) < 4.78 is 32.5. The van der Waals surface area contributed by atoms with Crippen LogP contribution in [0.2, 0.25) is 0 Å². The highest BCUT2D eigenvalue weighted by Gasteiger charge is 2.14. The predicted molar refractivity (Wildman–Crippen MR) is 119 cm³/mol. The van der Waals surface area contributed by atoms with E-state index in [9.17, 15) is 0 Å². The van der Waals surface area contributed by atoms with Crippen molar-refractivity contribution in [3.8, 4) is 34.5 Å². The van der Waals surface area contributed by atoms with E-state index in [1.54, 1.807) is 42.7 Å². The Balaban J connectivity index is 2.45. The lowest BCUT2D eigenvalue weighted by molar-refractivity contribution is 0.324. The largest absolute Gasteiger partial charge is 0.493 e. The molecule has 0 radical (unpaired) electrons. The first kappa shape index (κ1) is 23.0. The van der Waals surface area contributed by atoms with E-state index in [2.05, 4.69) is 12.2 Å². The van der Waals surface area contributed by atoms with Gasteiger partial charge in [-0.05, 0) is 60.4 Å². The van der Waals surface area contributed by atoms with Crippen molar-refractivity contribution in [2.24, 2.45) is 0 Å². The van der Waals surface area contributed by atoms with Gasteiger partial charge in [0.05, 0.1) is 42.7 Å². The van der Waals surface area contributed by atoms with Gasteiger partial charge in [-0.2, -0.15) is 0 Å². The molecule has 0 atom stereocenters. The monoisotopic (exact) mass is 414 g/mol. The predicted octanol–water partition coefficient (Wildman–Crippen LogP) is 5.25. The fraction of sp³-hybridized carbons (Fsp3) is 0.333. The second-order valence-corrected chi connectivity index (χ2v) is 6.57. The van der Waals surface area contributed by atoms with Gasteiger partial charge in [-0.25, -0.2) is 0 Å². The van der Waals surface area contributed by atoms with Gasteiger partial charge in [-0.1, -0.05) is 12.2 Å². The van der Waals surface area contributed by atoms with Gasteiger partial charge in [0.25, 0.3) is 0 Å². The first-order valence-corrected chi connectivity index (χ1v) is 9.39. The first-order valence-electron chi connectivity index (χ1n) is 9.39. The summed E-state index contributed by atoms with van der Waals surface area (Å²) >= 11 is 0. The van der Waals surface area contributed by atoms with Crippen molar-refractivity contribution in [1.82, 2.24) is 0 Å². The van der Waals surface area contributed by atoms with Crippen LogP contribution >= 0.6 is 0 Å². The van der Waals surface area contributed by atoms with Gasteiger partial charge < -0.3 is 28.4 Å². The number of hydrogen-bond donors (Lipinski definition) is 0. The third-order valence-electron chi connectivity index (χ3n) is 4.76. The zero-order valence-corrected chi connectivity index (χ0v) is 18.9. The molecule has 0 fully saturated rings. The van der Waals surface area contributed by atoms with E-state index in [1.165, 1.54) is 0 Å². The van der Waals surface area contributed by atoms with Crippen molar-refractivity contribution < 1.29 is 28.4 Å². The van der Waals surface area contributed by atoms with E-state index in [0.29, 0.717) is 34.5 Å². The highest BCUT2D eigenvalue weighted by molar-refractivity contribution is 5.70. The molecule has 0 aromatic heterocycles.